The summed E-state index contributed by atoms with van der Waals surface area (Å²) in [6.45, 7) is 7.15. The van der Waals surface area contributed by atoms with E-state index in [4.69, 9.17) is 11.6 Å². The van der Waals surface area contributed by atoms with Crippen LogP contribution in [-0.4, -0.2) is 67.2 Å². The summed E-state index contributed by atoms with van der Waals surface area (Å²) in [5.74, 6) is 0.433. The number of hydrogen-bond donors (Lipinski definition) is 1. The van der Waals surface area contributed by atoms with E-state index in [0.717, 1.165) is 56.4 Å². The summed E-state index contributed by atoms with van der Waals surface area (Å²) in [7, 11) is -2.94. The average molecular weight is 496 g/mol. The Morgan fingerprint density at radius 1 is 1.15 bits per heavy atom. The summed E-state index contributed by atoms with van der Waals surface area (Å²) in [5.41, 5.74) is 2.69. The van der Waals surface area contributed by atoms with Crippen molar-refractivity contribution in [2.24, 2.45) is 11.8 Å². The number of amides is 2. The molecule has 9 heteroatoms. The Morgan fingerprint density at radius 3 is 2.48 bits per heavy atom. The lowest BCUT2D eigenvalue weighted by Gasteiger charge is -2.41. The summed E-state index contributed by atoms with van der Waals surface area (Å²) in [6, 6.07) is 3.85. The van der Waals surface area contributed by atoms with Crippen LogP contribution in [0, 0.1) is 18.8 Å². The lowest BCUT2D eigenvalue weighted by Crippen LogP contribution is -2.54. The van der Waals surface area contributed by atoms with Crippen LogP contribution in [0.15, 0.2) is 12.1 Å². The van der Waals surface area contributed by atoms with Gasteiger partial charge in [0.05, 0.1) is 11.5 Å². The Hall–Kier alpha value is -1.64. The van der Waals surface area contributed by atoms with Crippen LogP contribution in [0.1, 0.15) is 50.2 Å². The van der Waals surface area contributed by atoms with Crippen LogP contribution in [-0.2, 0) is 26.0 Å². The molecule has 1 aliphatic carbocycles. The number of sulfone groups is 1. The molecule has 2 amide bonds. The number of nitrogens with one attached hydrogen (secondary N) is 1. The molecule has 1 atom stereocenters. The van der Waals surface area contributed by atoms with E-state index in [9.17, 15) is 18.0 Å². The molecule has 3 fully saturated rings. The van der Waals surface area contributed by atoms with E-state index in [-0.39, 0.29) is 41.7 Å². The first-order chi connectivity index (χ1) is 15.6. The summed E-state index contributed by atoms with van der Waals surface area (Å²) in [5, 5.41) is 3.48. The number of halogens is 1. The molecule has 2 aliphatic heterocycles. The standard InChI is InChI=1S/C24H34ClN3O4S/c1-16-12-27(7-8-28(16)24(30)19-5-3-4-6-19)13-20-10-21(25)11-22(17(20)2)26-23(29)9-18-14-33(31,32)15-18/h10-11,16,18-19H,3-9,12-15H2,1-2H3,(H,26,29). The Labute approximate surface area is 201 Å². The van der Waals surface area contributed by atoms with E-state index in [1.807, 2.05) is 13.0 Å². The number of benzene rings is 1. The maximum atomic E-state index is 12.9. The van der Waals surface area contributed by atoms with Gasteiger partial charge in [-0.15, -0.1) is 0 Å². The lowest BCUT2D eigenvalue weighted by molar-refractivity contribution is -0.140. The van der Waals surface area contributed by atoms with Crippen LogP contribution in [0.5, 0.6) is 0 Å². The van der Waals surface area contributed by atoms with Gasteiger partial charge in [-0.2, -0.15) is 0 Å². The second kappa shape index (κ2) is 9.92. The molecule has 182 valence electrons. The number of anilines is 1. The molecule has 1 aromatic carbocycles. The summed E-state index contributed by atoms with van der Waals surface area (Å²) >= 11 is 6.37. The largest absolute Gasteiger partial charge is 0.337 e. The minimum atomic E-state index is -2.94. The van der Waals surface area contributed by atoms with Crippen LogP contribution in [0.4, 0.5) is 5.69 Å². The molecule has 4 rings (SSSR count). The van der Waals surface area contributed by atoms with E-state index in [0.29, 0.717) is 23.2 Å². The maximum absolute atomic E-state index is 12.9. The van der Waals surface area contributed by atoms with Crippen LogP contribution in [0.3, 0.4) is 0 Å². The third-order valence-electron chi connectivity index (χ3n) is 7.30. The molecule has 0 radical (unpaired) electrons. The van der Waals surface area contributed by atoms with Gasteiger partial charge in [0.15, 0.2) is 9.84 Å². The highest BCUT2D eigenvalue weighted by molar-refractivity contribution is 7.92. The zero-order valence-electron chi connectivity index (χ0n) is 19.5. The van der Waals surface area contributed by atoms with Gasteiger partial charge in [-0.25, -0.2) is 8.42 Å². The van der Waals surface area contributed by atoms with Gasteiger partial charge < -0.3 is 10.2 Å². The van der Waals surface area contributed by atoms with Crippen molar-refractivity contribution in [2.45, 2.75) is 58.5 Å². The van der Waals surface area contributed by atoms with Crippen LogP contribution >= 0.6 is 11.6 Å². The molecule has 0 spiro atoms. The monoisotopic (exact) mass is 495 g/mol. The highest BCUT2D eigenvalue weighted by Crippen LogP contribution is 2.30. The van der Waals surface area contributed by atoms with Gasteiger partial charge in [-0.05, 0) is 55.9 Å². The molecule has 1 saturated carbocycles. The molecular weight excluding hydrogens is 462 g/mol. The molecule has 33 heavy (non-hydrogen) atoms. The first-order valence-electron chi connectivity index (χ1n) is 11.9. The number of nitrogens with zero attached hydrogens (tertiary/aromatic N) is 2. The van der Waals surface area contributed by atoms with Gasteiger partial charge in [0.1, 0.15) is 0 Å². The second-order valence-corrected chi connectivity index (χ2v) is 12.6. The Kier molecular flexibility index (Phi) is 7.36. The van der Waals surface area contributed by atoms with Gasteiger partial charge >= 0.3 is 0 Å². The topological polar surface area (TPSA) is 86.8 Å². The fourth-order valence-electron chi connectivity index (χ4n) is 5.43. The molecule has 1 unspecified atom stereocenters. The minimum absolute atomic E-state index is 0.0909. The Balaban J connectivity index is 1.36. The molecule has 7 nitrogen and oxygen atoms in total. The van der Waals surface area contributed by atoms with E-state index >= 15 is 0 Å². The van der Waals surface area contributed by atoms with Crippen LogP contribution < -0.4 is 5.32 Å². The van der Waals surface area contributed by atoms with Gasteiger partial charge in [-0.3, -0.25) is 14.5 Å². The summed E-state index contributed by atoms with van der Waals surface area (Å²) in [6.07, 6.45) is 4.58. The lowest BCUT2D eigenvalue weighted by atomic mass is 10.0. The molecule has 3 aliphatic rings. The van der Waals surface area contributed by atoms with Crippen LogP contribution in [0.2, 0.25) is 5.02 Å². The maximum Gasteiger partial charge on any atom is 0.226 e. The van der Waals surface area contributed by atoms with Gasteiger partial charge in [0, 0.05) is 55.3 Å². The number of rotatable bonds is 6. The third-order valence-corrected chi connectivity index (χ3v) is 9.48. The molecule has 2 saturated heterocycles. The predicted octanol–water partition coefficient (Wildman–Crippen LogP) is 3.24. The van der Waals surface area contributed by atoms with Crippen molar-refractivity contribution >= 4 is 38.9 Å². The summed E-state index contributed by atoms with van der Waals surface area (Å²) in [4.78, 5) is 29.7. The first kappa shape index (κ1) is 24.5. The average Bonchev–Trinajstić information content (AvgIpc) is 3.24. The van der Waals surface area contributed by atoms with E-state index in [1.165, 1.54) is 0 Å². The molecule has 1 aromatic rings. The zero-order chi connectivity index (χ0) is 23.8. The highest BCUT2D eigenvalue weighted by atomic mass is 35.5. The SMILES string of the molecule is Cc1c(CN2CCN(C(=O)C3CCCC3)C(C)C2)cc(Cl)cc1NC(=O)CC1CS(=O)(=O)C1. The van der Waals surface area contributed by atoms with Crippen molar-refractivity contribution in [1.82, 2.24) is 9.80 Å². The zero-order valence-corrected chi connectivity index (χ0v) is 21.1. The molecule has 2 heterocycles. The fraction of sp³-hybridized carbons (Fsp3) is 0.667. The molecule has 1 N–H and O–H groups in total. The van der Waals surface area contributed by atoms with Crippen molar-refractivity contribution in [2.75, 3.05) is 36.5 Å². The Morgan fingerprint density at radius 2 is 1.85 bits per heavy atom. The van der Waals surface area contributed by atoms with Crippen molar-refractivity contribution in [1.29, 1.82) is 0 Å². The van der Waals surface area contributed by atoms with Gasteiger partial charge in [0.25, 0.3) is 0 Å². The smallest absolute Gasteiger partial charge is 0.226 e. The van der Waals surface area contributed by atoms with E-state index < -0.39 is 9.84 Å². The number of hydrogen-bond acceptors (Lipinski definition) is 5. The predicted molar refractivity (Wildman–Crippen MR) is 130 cm³/mol. The van der Waals surface area contributed by atoms with Crippen LogP contribution in [0.25, 0.3) is 0 Å². The van der Waals surface area contributed by atoms with Crippen molar-refractivity contribution in [3.63, 3.8) is 0 Å². The molecule has 0 bridgehead atoms. The third kappa shape index (κ3) is 5.89. The van der Waals surface area contributed by atoms with Crippen molar-refractivity contribution in [3.8, 4) is 0 Å². The van der Waals surface area contributed by atoms with Gasteiger partial charge in [0.2, 0.25) is 11.8 Å². The van der Waals surface area contributed by atoms with E-state index in [1.54, 1.807) is 6.07 Å². The number of carbonyl (C=O) groups excluding carboxylic acids is 2. The van der Waals surface area contributed by atoms with Crippen molar-refractivity contribution < 1.29 is 18.0 Å². The molecular formula is C24H34ClN3O4S. The normalized spacial score (nSPS) is 24.0. The minimum Gasteiger partial charge on any atom is -0.337 e. The van der Waals surface area contributed by atoms with E-state index in [2.05, 4.69) is 22.0 Å². The Bertz CT molecular complexity index is 1010. The highest BCUT2D eigenvalue weighted by Gasteiger charge is 2.35. The number of carbonyl (C=O) groups is 2. The molecule has 0 aromatic heterocycles. The first-order valence-corrected chi connectivity index (χ1v) is 14.1. The number of piperazine rings is 1. The summed E-state index contributed by atoms with van der Waals surface area (Å²) < 4.78 is 22.7. The quantitative estimate of drug-likeness (QED) is 0.654. The fourth-order valence-corrected chi connectivity index (χ4v) is 7.25. The van der Waals surface area contributed by atoms with Crippen molar-refractivity contribution in [3.05, 3.63) is 28.3 Å². The second-order valence-electron chi connectivity index (χ2n) is 10.0. The van der Waals surface area contributed by atoms with Gasteiger partial charge in [-0.1, -0.05) is 24.4 Å².